The third-order valence-electron chi connectivity index (χ3n) is 1.91. The SMILES string of the molecule is NC(=O)c1ccc(C(F)(F)F)c(C(F)(F)F)c1. The van der Waals surface area contributed by atoms with Crippen LogP contribution in [-0.2, 0) is 12.4 Å². The van der Waals surface area contributed by atoms with E-state index in [1.165, 1.54) is 0 Å². The van der Waals surface area contributed by atoms with Crippen LogP contribution in [0, 0.1) is 0 Å². The van der Waals surface area contributed by atoms with E-state index in [0.29, 0.717) is 6.07 Å². The molecule has 0 aliphatic rings. The lowest BCUT2D eigenvalue weighted by Gasteiger charge is -2.15. The van der Waals surface area contributed by atoms with Crippen molar-refractivity contribution in [2.75, 3.05) is 0 Å². The van der Waals surface area contributed by atoms with Gasteiger partial charge in [-0.3, -0.25) is 4.79 Å². The van der Waals surface area contributed by atoms with E-state index in [0.717, 1.165) is 0 Å². The summed E-state index contributed by atoms with van der Waals surface area (Å²) >= 11 is 0. The summed E-state index contributed by atoms with van der Waals surface area (Å²) in [7, 11) is 0. The van der Waals surface area contributed by atoms with E-state index < -0.39 is 35.0 Å². The van der Waals surface area contributed by atoms with Crippen LogP contribution in [0.3, 0.4) is 0 Å². The number of rotatable bonds is 1. The van der Waals surface area contributed by atoms with Gasteiger partial charge in [0.2, 0.25) is 5.91 Å². The molecule has 2 nitrogen and oxygen atoms in total. The highest BCUT2D eigenvalue weighted by Crippen LogP contribution is 2.40. The van der Waals surface area contributed by atoms with Crippen molar-refractivity contribution in [3.8, 4) is 0 Å². The van der Waals surface area contributed by atoms with E-state index in [2.05, 4.69) is 0 Å². The molecule has 94 valence electrons. The Hall–Kier alpha value is -1.73. The van der Waals surface area contributed by atoms with Crippen molar-refractivity contribution in [1.82, 2.24) is 0 Å². The first-order chi connectivity index (χ1) is 7.53. The molecule has 0 saturated carbocycles. The van der Waals surface area contributed by atoms with E-state index in [9.17, 15) is 31.1 Å². The Balaban J connectivity index is 3.49. The van der Waals surface area contributed by atoms with Crippen molar-refractivity contribution in [2.45, 2.75) is 12.4 Å². The molecule has 0 aromatic heterocycles. The zero-order chi connectivity index (χ0) is 13.4. The summed E-state index contributed by atoms with van der Waals surface area (Å²) in [6, 6.07) is 0.870. The fraction of sp³-hybridized carbons (Fsp3) is 0.222. The van der Waals surface area contributed by atoms with Crippen LogP contribution in [0.2, 0.25) is 0 Å². The maximum absolute atomic E-state index is 12.4. The first-order valence-electron chi connectivity index (χ1n) is 4.11. The molecule has 0 atom stereocenters. The van der Waals surface area contributed by atoms with Gasteiger partial charge in [0.25, 0.3) is 0 Å². The van der Waals surface area contributed by atoms with Crippen molar-refractivity contribution in [3.63, 3.8) is 0 Å². The Kier molecular flexibility index (Phi) is 3.09. The lowest BCUT2D eigenvalue weighted by Crippen LogP contribution is -2.19. The van der Waals surface area contributed by atoms with Crippen LogP contribution in [0.5, 0.6) is 0 Å². The summed E-state index contributed by atoms with van der Waals surface area (Å²) in [5.41, 5.74) is 0.282. The van der Waals surface area contributed by atoms with Crippen LogP contribution in [0.25, 0.3) is 0 Å². The molecule has 8 heteroatoms. The van der Waals surface area contributed by atoms with Gasteiger partial charge in [0.1, 0.15) is 0 Å². The van der Waals surface area contributed by atoms with Crippen LogP contribution >= 0.6 is 0 Å². The van der Waals surface area contributed by atoms with Crippen molar-refractivity contribution in [1.29, 1.82) is 0 Å². The number of amides is 1. The molecule has 0 bridgehead atoms. The second-order valence-corrected chi connectivity index (χ2v) is 3.12. The van der Waals surface area contributed by atoms with Crippen LogP contribution in [0.15, 0.2) is 18.2 Å². The highest BCUT2D eigenvalue weighted by atomic mass is 19.4. The fourth-order valence-corrected chi connectivity index (χ4v) is 1.18. The molecule has 0 radical (unpaired) electrons. The fourth-order valence-electron chi connectivity index (χ4n) is 1.18. The second kappa shape index (κ2) is 3.94. The van der Waals surface area contributed by atoms with Gasteiger partial charge in [0.05, 0.1) is 11.1 Å². The zero-order valence-corrected chi connectivity index (χ0v) is 7.99. The van der Waals surface area contributed by atoms with E-state index >= 15 is 0 Å². The summed E-state index contributed by atoms with van der Waals surface area (Å²) in [4.78, 5) is 10.6. The summed E-state index contributed by atoms with van der Waals surface area (Å²) in [6.07, 6.45) is -10.4. The Morgan fingerprint density at radius 1 is 0.941 bits per heavy atom. The van der Waals surface area contributed by atoms with Gasteiger partial charge in [-0.25, -0.2) is 0 Å². The van der Waals surface area contributed by atoms with Crippen LogP contribution in [0.1, 0.15) is 21.5 Å². The molecule has 2 N–H and O–H groups in total. The highest BCUT2D eigenvalue weighted by Gasteiger charge is 2.43. The van der Waals surface area contributed by atoms with E-state index in [1.54, 1.807) is 0 Å². The number of hydrogen-bond donors (Lipinski definition) is 1. The van der Waals surface area contributed by atoms with E-state index in [-0.39, 0.29) is 12.1 Å². The molecule has 1 aromatic rings. The smallest absolute Gasteiger partial charge is 0.366 e. The predicted molar refractivity (Wildman–Crippen MR) is 45.0 cm³/mol. The largest absolute Gasteiger partial charge is 0.417 e. The van der Waals surface area contributed by atoms with Crippen LogP contribution < -0.4 is 5.73 Å². The number of primary amides is 1. The molecular weight excluding hydrogens is 252 g/mol. The van der Waals surface area contributed by atoms with Gasteiger partial charge in [-0.05, 0) is 18.2 Å². The maximum atomic E-state index is 12.4. The molecule has 1 rings (SSSR count). The molecule has 0 spiro atoms. The van der Waals surface area contributed by atoms with Gasteiger partial charge in [-0.15, -0.1) is 0 Å². The molecule has 0 heterocycles. The van der Waals surface area contributed by atoms with Crippen molar-refractivity contribution < 1.29 is 31.1 Å². The van der Waals surface area contributed by atoms with E-state index in [1.807, 2.05) is 0 Å². The summed E-state index contributed by atoms with van der Waals surface area (Å²) < 4.78 is 74.0. The Morgan fingerprint density at radius 3 is 1.76 bits per heavy atom. The molecular formula is C9H5F6NO. The molecule has 1 amide bonds. The molecule has 0 aliphatic heterocycles. The topological polar surface area (TPSA) is 43.1 Å². The molecule has 0 aliphatic carbocycles. The van der Waals surface area contributed by atoms with Crippen molar-refractivity contribution in [2.24, 2.45) is 5.73 Å². The number of nitrogens with two attached hydrogens (primary N) is 1. The van der Waals surface area contributed by atoms with Gasteiger partial charge >= 0.3 is 12.4 Å². The van der Waals surface area contributed by atoms with E-state index in [4.69, 9.17) is 5.73 Å². The molecule has 0 saturated heterocycles. The first-order valence-corrected chi connectivity index (χ1v) is 4.11. The summed E-state index contributed by atoms with van der Waals surface area (Å²) in [5, 5.41) is 0. The minimum atomic E-state index is -5.21. The van der Waals surface area contributed by atoms with Gasteiger partial charge in [-0.1, -0.05) is 0 Å². The predicted octanol–water partition coefficient (Wildman–Crippen LogP) is 2.82. The van der Waals surface area contributed by atoms with Crippen molar-refractivity contribution in [3.05, 3.63) is 34.9 Å². The Bertz CT molecular complexity index is 448. The molecule has 1 aromatic carbocycles. The standard InChI is InChI=1S/C9H5F6NO/c10-8(11,12)5-2-1-4(7(16)17)3-6(5)9(13,14)15/h1-3H,(H2,16,17). The minimum absolute atomic E-state index is 0.0884. The average Bonchev–Trinajstić information content (AvgIpc) is 2.14. The van der Waals surface area contributed by atoms with Crippen molar-refractivity contribution >= 4 is 5.91 Å². The monoisotopic (exact) mass is 257 g/mol. The van der Waals surface area contributed by atoms with Gasteiger partial charge in [0.15, 0.2) is 0 Å². The molecule has 0 fully saturated rings. The summed E-state index contributed by atoms with van der Waals surface area (Å²) in [5.74, 6) is -1.23. The molecule has 17 heavy (non-hydrogen) atoms. The van der Waals surface area contributed by atoms with Gasteiger partial charge in [-0.2, -0.15) is 26.3 Å². The second-order valence-electron chi connectivity index (χ2n) is 3.12. The zero-order valence-electron chi connectivity index (χ0n) is 7.99. The van der Waals surface area contributed by atoms with Crippen LogP contribution in [0.4, 0.5) is 26.3 Å². The third kappa shape index (κ3) is 2.89. The number of halogens is 6. The average molecular weight is 257 g/mol. The normalized spacial score (nSPS) is 12.6. The number of benzene rings is 1. The number of hydrogen-bond acceptors (Lipinski definition) is 1. The maximum Gasteiger partial charge on any atom is 0.417 e. The van der Waals surface area contributed by atoms with Gasteiger partial charge in [0, 0.05) is 5.56 Å². The minimum Gasteiger partial charge on any atom is -0.366 e. The third-order valence-corrected chi connectivity index (χ3v) is 1.91. The number of alkyl halides is 6. The summed E-state index contributed by atoms with van der Waals surface area (Å²) in [6.45, 7) is 0. The highest BCUT2D eigenvalue weighted by molar-refractivity contribution is 5.93. The Morgan fingerprint density at radius 2 is 1.41 bits per heavy atom. The molecule has 0 unspecified atom stereocenters. The number of carbonyl (C=O) groups is 1. The quantitative estimate of drug-likeness (QED) is 0.772. The van der Waals surface area contributed by atoms with Crippen LogP contribution in [-0.4, -0.2) is 5.91 Å². The lowest BCUT2D eigenvalue weighted by molar-refractivity contribution is -0.162. The lowest BCUT2D eigenvalue weighted by atomic mass is 10.0. The van der Waals surface area contributed by atoms with Gasteiger partial charge < -0.3 is 5.73 Å². The first kappa shape index (κ1) is 13.3. The number of carbonyl (C=O) groups excluding carboxylic acids is 1. The Labute approximate surface area is 91.0 Å².